The summed E-state index contributed by atoms with van der Waals surface area (Å²) in [7, 11) is 0. The number of nitrogens with two attached hydrogens (primary N) is 1. The molecule has 1 aromatic heterocycles. The van der Waals surface area contributed by atoms with Gasteiger partial charge in [-0.3, -0.25) is 19.1 Å². The van der Waals surface area contributed by atoms with E-state index in [9.17, 15) is 9.59 Å². The van der Waals surface area contributed by atoms with E-state index >= 15 is 0 Å². The Morgan fingerprint density at radius 1 is 1.12 bits per heavy atom. The molecule has 2 N–H and O–H groups in total. The Morgan fingerprint density at radius 2 is 1.79 bits per heavy atom. The van der Waals surface area contributed by atoms with Gasteiger partial charge in [0.15, 0.2) is 5.16 Å². The molecule has 1 aliphatic heterocycles. The third kappa shape index (κ3) is 2.56. The highest BCUT2D eigenvalue weighted by Crippen LogP contribution is 2.39. The van der Waals surface area contributed by atoms with Crippen LogP contribution in [0.5, 0.6) is 0 Å². The number of aromatic nitrogens is 3. The molecular formula is C16H17N5O2S. The summed E-state index contributed by atoms with van der Waals surface area (Å²) >= 11 is 1.57. The number of amides is 2. The fourth-order valence-electron chi connectivity index (χ4n) is 2.89. The van der Waals surface area contributed by atoms with Crippen LogP contribution < -0.4 is 5.73 Å². The summed E-state index contributed by atoms with van der Waals surface area (Å²) in [6, 6.07) is 7.38. The first-order chi connectivity index (χ1) is 11.7. The minimum absolute atomic E-state index is 0.203. The normalized spacial score (nSPS) is 16.8. The van der Waals surface area contributed by atoms with Gasteiger partial charge >= 0.3 is 0 Å². The molecule has 1 aromatic carbocycles. The van der Waals surface area contributed by atoms with Crippen molar-refractivity contribution in [2.24, 2.45) is 0 Å². The molecule has 2 amide bonds. The van der Waals surface area contributed by atoms with E-state index in [-0.39, 0.29) is 11.8 Å². The lowest BCUT2D eigenvalue weighted by Crippen LogP contribution is -2.31. The van der Waals surface area contributed by atoms with Gasteiger partial charge < -0.3 is 5.73 Å². The monoisotopic (exact) mass is 343 g/mol. The Bertz CT molecular complexity index is 780. The predicted octanol–water partition coefficient (Wildman–Crippen LogP) is 1.97. The second kappa shape index (κ2) is 5.94. The lowest BCUT2D eigenvalue weighted by Gasteiger charge is -2.13. The summed E-state index contributed by atoms with van der Waals surface area (Å²) in [5.41, 5.74) is 6.84. The first kappa shape index (κ1) is 15.2. The average Bonchev–Trinajstić information content (AvgIpc) is 3.32. The van der Waals surface area contributed by atoms with Gasteiger partial charge in [0.25, 0.3) is 11.8 Å². The molecule has 7 nitrogen and oxygen atoms in total. The molecule has 0 radical (unpaired) electrons. The maximum absolute atomic E-state index is 12.3. The van der Waals surface area contributed by atoms with Gasteiger partial charge in [0.05, 0.1) is 11.1 Å². The number of fused-ring (bicyclic) bond motifs is 1. The van der Waals surface area contributed by atoms with Crippen LogP contribution in [0.2, 0.25) is 0 Å². The van der Waals surface area contributed by atoms with Crippen molar-refractivity contribution in [3.63, 3.8) is 0 Å². The third-order valence-electron chi connectivity index (χ3n) is 4.24. The summed E-state index contributed by atoms with van der Waals surface area (Å²) in [5.74, 6) is 0.801. The zero-order chi connectivity index (χ0) is 16.7. The van der Waals surface area contributed by atoms with Gasteiger partial charge in [0.2, 0.25) is 5.95 Å². The highest BCUT2D eigenvalue weighted by atomic mass is 32.2. The summed E-state index contributed by atoms with van der Waals surface area (Å²) in [6.45, 7) is 0.409. The third-order valence-corrected chi connectivity index (χ3v) is 5.27. The number of imide groups is 1. The molecule has 2 heterocycles. The molecule has 1 saturated carbocycles. The van der Waals surface area contributed by atoms with Crippen molar-refractivity contribution in [2.75, 3.05) is 18.0 Å². The van der Waals surface area contributed by atoms with Crippen LogP contribution in [0, 0.1) is 0 Å². The first-order valence-electron chi connectivity index (χ1n) is 7.95. The topological polar surface area (TPSA) is 94.1 Å². The smallest absolute Gasteiger partial charge is 0.261 e. The number of thioether (sulfide) groups is 1. The SMILES string of the molecule is Nc1nnc(SCCCN2C(=O)c3ccccc3C2=O)n1C1CC1. The van der Waals surface area contributed by atoms with Crippen molar-refractivity contribution in [3.05, 3.63) is 35.4 Å². The Morgan fingerprint density at radius 3 is 2.42 bits per heavy atom. The van der Waals surface area contributed by atoms with Crippen LogP contribution in [0.15, 0.2) is 29.4 Å². The van der Waals surface area contributed by atoms with Gasteiger partial charge in [0.1, 0.15) is 0 Å². The van der Waals surface area contributed by atoms with E-state index < -0.39 is 0 Å². The van der Waals surface area contributed by atoms with Gasteiger partial charge in [-0.2, -0.15) is 0 Å². The zero-order valence-electron chi connectivity index (χ0n) is 13.0. The number of hydrogen-bond donors (Lipinski definition) is 1. The molecule has 2 aliphatic rings. The number of rotatable bonds is 6. The number of nitrogen functional groups attached to an aromatic ring is 1. The number of nitrogens with zero attached hydrogens (tertiary/aromatic N) is 4. The number of carbonyl (C=O) groups is 2. The number of benzene rings is 1. The number of carbonyl (C=O) groups excluding carboxylic acids is 2. The van der Waals surface area contributed by atoms with Crippen molar-refractivity contribution in [1.82, 2.24) is 19.7 Å². The van der Waals surface area contributed by atoms with Gasteiger partial charge in [-0.25, -0.2) is 0 Å². The van der Waals surface area contributed by atoms with Crippen molar-refractivity contribution < 1.29 is 9.59 Å². The van der Waals surface area contributed by atoms with Crippen LogP contribution in [0.3, 0.4) is 0 Å². The van der Waals surface area contributed by atoms with E-state index in [1.165, 1.54) is 4.90 Å². The molecule has 2 aromatic rings. The molecule has 0 spiro atoms. The Balaban J connectivity index is 1.34. The van der Waals surface area contributed by atoms with Crippen LogP contribution in [-0.2, 0) is 0 Å². The molecule has 0 atom stereocenters. The van der Waals surface area contributed by atoms with E-state index in [4.69, 9.17) is 5.73 Å². The molecule has 24 heavy (non-hydrogen) atoms. The van der Waals surface area contributed by atoms with E-state index in [1.807, 2.05) is 4.57 Å². The first-order valence-corrected chi connectivity index (χ1v) is 8.94. The van der Waals surface area contributed by atoms with Gasteiger partial charge in [0, 0.05) is 18.3 Å². The Kier molecular flexibility index (Phi) is 3.76. The van der Waals surface area contributed by atoms with E-state index in [0.717, 1.165) is 23.8 Å². The molecule has 8 heteroatoms. The number of anilines is 1. The van der Waals surface area contributed by atoms with Crippen molar-refractivity contribution >= 4 is 29.5 Å². The van der Waals surface area contributed by atoms with Crippen LogP contribution in [-0.4, -0.2) is 43.8 Å². The average molecular weight is 343 g/mol. The molecule has 0 saturated heterocycles. The highest BCUT2D eigenvalue weighted by molar-refractivity contribution is 7.99. The maximum atomic E-state index is 12.3. The van der Waals surface area contributed by atoms with Crippen molar-refractivity contribution in [1.29, 1.82) is 0 Å². The van der Waals surface area contributed by atoms with Crippen LogP contribution in [0.25, 0.3) is 0 Å². The lowest BCUT2D eigenvalue weighted by molar-refractivity contribution is 0.0655. The molecule has 0 bridgehead atoms. The molecule has 1 aliphatic carbocycles. The van der Waals surface area contributed by atoms with Crippen LogP contribution in [0.1, 0.15) is 46.0 Å². The van der Waals surface area contributed by atoms with E-state index in [1.54, 1.807) is 36.0 Å². The molecule has 0 unspecified atom stereocenters. The van der Waals surface area contributed by atoms with E-state index in [0.29, 0.717) is 36.1 Å². The highest BCUT2D eigenvalue weighted by Gasteiger charge is 2.34. The van der Waals surface area contributed by atoms with Gasteiger partial charge in [-0.1, -0.05) is 23.9 Å². The zero-order valence-corrected chi connectivity index (χ0v) is 13.8. The summed E-state index contributed by atoms with van der Waals surface area (Å²) in [4.78, 5) is 25.9. The second-order valence-corrected chi connectivity index (χ2v) is 7.01. The summed E-state index contributed by atoms with van der Waals surface area (Å²) < 4.78 is 1.98. The molecule has 1 fully saturated rings. The fraction of sp³-hybridized carbons (Fsp3) is 0.375. The lowest BCUT2D eigenvalue weighted by atomic mass is 10.1. The minimum Gasteiger partial charge on any atom is -0.368 e. The second-order valence-electron chi connectivity index (χ2n) is 5.95. The molecule has 4 rings (SSSR count). The van der Waals surface area contributed by atoms with Crippen molar-refractivity contribution in [2.45, 2.75) is 30.5 Å². The standard InChI is InChI=1S/C16H17N5O2S/c17-15-18-19-16(21(15)10-6-7-10)24-9-3-8-20-13(22)11-4-1-2-5-12(11)14(20)23/h1-2,4-5,10H,3,6-9H2,(H2,17,18). The van der Waals surface area contributed by atoms with Crippen LogP contribution in [0.4, 0.5) is 5.95 Å². The Hall–Kier alpha value is -2.35. The van der Waals surface area contributed by atoms with Crippen LogP contribution >= 0.6 is 11.8 Å². The summed E-state index contributed by atoms with van der Waals surface area (Å²) in [6.07, 6.45) is 2.93. The fourth-order valence-corrected chi connectivity index (χ4v) is 3.83. The predicted molar refractivity (Wildman–Crippen MR) is 89.9 cm³/mol. The Labute approximate surface area is 143 Å². The largest absolute Gasteiger partial charge is 0.368 e. The maximum Gasteiger partial charge on any atom is 0.261 e. The van der Waals surface area contributed by atoms with E-state index in [2.05, 4.69) is 10.2 Å². The number of hydrogen-bond acceptors (Lipinski definition) is 6. The van der Waals surface area contributed by atoms with Crippen molar-refractivity contribution in [3.8, 4) is 0 Å². The molecular weight excluding hydrogens is 326 g/mol. The minimum atomic E-state index is -0.203. The quantitative estimate of drug-likeness (QED) is 0.490. The molecule has 124 valence electrons. The van der Waals surface area contributed by atoms with Gasteiger partial charge in [-0.05, 0) is 31.4 Å². The van der Waals surface area contributed by atoms with Gasteiger partial charge in [-0.15, -0.1) is 10.2 Å². The summed E-state index contributed by atoms with van der Waals surface area (Å²) in [5, 5.41) is 8.87.